The van der Waals surface area contributed by atoms with Crippen molar-refractivity contribution in [2.75, 3.05) is 0 Å². The van der Waals surface area contributed by atoms with Crippen molar-refractivity contribution >= 4 is 108 Å². The van der Waals surface area contributed by atoms with Gasteiger partial charge >= 0.3 is 0 Å². The number of fused-ring (bicyclic) bond motifs is 9. The summed E-state index contributed by atoms with van der Waals surface area (Å²) in [7, 11) is 0. The van der Waals surface area contributed by atoms with Gasteiger partial charge in [0.1, 0.15) is 0 Å². The lowest BCUT2D eigenvalue weighted by molar-refractivity contribution is 1.61. The molecule has 15 rings (SSSR count). The minimum Gasteiger partial charge on any atom is -0.0622 e. The molecule has 0 aliphatic heterocycles. The minimum absolute atomic E-state index is 1.22. The van der Waals surface area contributed by atoms with Gasteiger partial charge in [-0.3, -0.25) is 0 Å². The Morgan fingerprint density at radius 3 is 0.922 bits per heavy atom. The summed E-state index contributed by atoms with van der Waals surface area (Å²) < 4.78 is 0. The van der Waals surface area contributed by atoms with Crippen molar-refractivity contribution in [1.82, 2.24) is 0 Å². The Kier molecular flexibility index (Phi) is 6.77. The monoisotopic (exact) mass is 804 g/mol. The maximum atomic E-state index is 2.58. The lowest BCUT2D eigenvalue weighted by Crippen LogP contribution is -1.93. The lowest BCUT2D eigenvalue weighted by atomic mass is 9.82. The van der Waals surface area contributed by atoms with E-state index in [1.54, 1.807) is 0 Å². The molecule has 0 radical (unpaired) electrons. The molecule has 0 unspecified atom stereocenters. The van der Waals surface area contributed by atoms with Crippen molar-refractivity contribution in [3.05, 3.63) is 218 Å². The molecule has 0 saturated heterocycles. The summed E-state index contributed by atoms with van der Waals surface area (Å²) in [5.74, 6) is 0. The Bertz CT molecular complexity index is 4120. The first kappa shape index (κ1) is 34.3. The third kappa shape index (κ3) is 4.42. The third-order valence-corrected chi connectivity index (χ3v) is 14.7. The molecule has 0 N–H and O–H groups in total. The molecule has 0 aliphatic carbocycles. The second-order valence-corrected chi connectivity index (χ2v) is 17.8. The smallest absolute Gasteiger partial charge is 0.000719 e. The van der Waals surface area contributed by atoms with Gasteiger partial charge in [-0.2, -0.15) is 0 Å². The van der Waals surface area contributed by atoms with Crippen LogP contribution in [0.1, 0.15) is 0 Å². The van der Waals surface area contributed by atoms with Crippen LogP contribution in [0.4, 0.5) is 0 Å². The van der Waals surface area contributed by atoms with Gasteiger partial charge in [-0.05, 0) is 164 Å². The quantitative estimate of drug-likeness (QED) is 0.123. The van der Waals surface area contributed by atoms with Crippen LogP contribution < -0.4 is 0 Å². The minimum atomic E-state index is 1.22. The van der Waals surface area contributed by atoms with Crippen molar-refractivity contribution < 1.29 is 0 Å². The molecular weight excluding hydrogens is 769 g/mol. The molecule has 0 saturated carbocycles. The topological polar surface area (TPSA) is 0 Å². The van der Waals surface area contributed by atoms with E-state index in [-0.39, 0.29) is 0 Å². The van der Waals surface area contributed by atoms with Crippen LogP contribution in [0.2, 0.25) is 0 Å². The lowest BCUT2D eigenvalue weighted by Gasteiger charge is -2.21. The Balaban J connectivity index is 1.21. The molecule has 0 spiro atoms. The summed E-state index contributed by atoms with van der Waals surface area (Å²) in [5, 5.41) is 26.3. The van der Waals surface area contributed by atoms with E-state index in [0.717, 1.165) is 0 Å². The van der Waals surface area contributed by atoms with Gasteiger partial charge in [0, 0.05) is 0 Å². The number of hydrogen-bond acceptors (Lipinski definition) is 0. The van der Waals surface area contributed by atoms with Crippen molar-refractivity contribution in [2.45, 2.75) is 0 Å². The molecule has 0 heteroatoms. The fourth-order valence-corrected chi connectivity index (χ4v) is 12.2. The summed E-state index contributed by atoms with van der Waals surface area (Å²) in [4.78, 5) is 0. The van der Waals surface area contributed by atoms with Gasteiger partial charge in [0.15, 0.2) is 0 Å². The second kappa shape index (κ2) is 12.6. The molecule has 0 heterocycles. The number of benzene rings is 13. The Labute approximate surface area is 368 Å². The molecule has 292 valence electrons. The highest BCUT2D eigenvalue weighted by Gasteiger charge is 2.28. The van der Waals surface area contributed by atoms with Crippen molar-refractivity contribution in [1.29, 1.82) is 0 Å². The molecule has 15 aromatic carbocycles. The maximum absolute atomic E-state index is 2.58. The molecular formula is C64H36. The zero-order valence-electron chi connectivity index (χ0n) is 34.8. The van der Waals surface area contributed by atoms with Gasteiger partial charge in [-0.15, -0.1) is 0 Å². The SMILES string of the molecule is c1ccc(-c2ccccc2-c2c3cc4c(cc3c(-c3ccccc3-c3ccccc3)c3c5cccc6cccc(c23)c65)c2ccc3c5cccc6cccc(c7ccc4c2c73)c65)cc1. The standard InChI is InChI=1S/C64H36/c1-3-15-37(16-4-1)41-23-7-9-25-43(41)61-55-35-53-49-33-31-47-45-27-11-19-39-20-12-28-46(57(39)45)48-32-34-50(60(49)59(47)48)54(53)36-56(55)62(44-26-10-8-24-42(44)38-17-5-2-6-18-38)64-52-30-14-22-40-21-13-29-51(58(40)52)63(61)64/h1-36H. The average molecular weight is 805 g/mol. The first-order valence-corrected chi connectivity index (χ1v) is 22.4. The Morgan fingerprint density at radius 2 is 0.500 bits per heavy atom. The van der Waals surface area contributed by atoms with Gasteiger partial charge in [-0.1, -0.05) is 206 Å². The highest BCUT2D eigenvalue weighted by Crippen LogP contribution is 2.56. The van der Waals surface area contributed by atoms with Gasteiger partial charge in [0.25, 0.3) is 0 Å². The van der Waals surface area contributed by atoms with E-state index in [4.69, 9.17) is 0 Å². The summed E-state index contributed by atoms with van der Waals surface area (Å²) in [5.41, 5.74) is 10.0. The van der Waals surface area contributed by atoms with Crippen LogP contribution in [-0.2, 0) is 0 Å². The summed E-state index contributed by atoms with van der Waals surface area (Å²) in [6, 6.07) is 82.3. The van der Waals surface area contributed by atoms with E-state index < -0.39 is 0 Å². The fraction of sp³-hybridized carbons (Fsp3) is 0. The number of rotatable bonds is 4. The van der Waals surface area contributed by atoms with Gasteiger partial charge in [0.05, 0.1) is 0 Å². The fourth-order valence-electron chi connectivity index (χ4n) is 12.2. The van der Waals surface area contributed by atoms with E-state index in [1.165, 1.54) is 152 Å². The van der Waals surface area contributed by atoms with Crippen molar-refractivity contribution in [3.8, 4) is 44.5 Å². The van der Waals surface area contributed by atoms with Crippen LogP contribution in [0.15, 0.2) is 218 Å². The first-order chi connectivity index (χ1) is 31.8. The second-order valence-electron chi connectivity index (χ2n) is 17.8. The third-order valence-electron chi connectivity index (χ3n) is 14.7. The highest BCUT2D eigenvalue weighted by atomic mass is 14.3. The molecule has 0 bridgehead atoms. The van der Waals surface area contributed by atoms with E-state index in [2.05, 4.69) is 218 Å². The highest BCUT2D eigenvalue weighted by molar-refractivity contribution is 6.45. The van der Waals surface area contributed by atoms with Gasteiger partial charge in [0.2, 0.25) is 0 Å². The summed E-state index contributed by atoms with van der Waals surface area (Å²) in [6.07, 6.45) is 0. The van der Waals surface area contributed by atoms with Gasteiger partial charge in [-0.25, -0.2) is 0 Å². The molecule has 0 atom stereocenters. The predicted octanol–water partition coefficient (Wildman–Crippen LogP) is 18.2. The molecule has 0 amide bonds. The average Bonchev–Trinajstić information content (AvgIpc) is 3.86. The molecule has 0 fully saturated rings. The predicted molar refractivity (Wildman–Crippen MR) is 277 cm³/mol. The van der Waals surface area contributed by atoms with E-state index in [9.17, 15) is 0 Å². The number of hydrogen-bond donors (Lipinski definition) is 0. The van der Waals surface area contributed by atoms with Crippen LogP contribution in [0.3, 0.4) is 0 Å². The Morgan fingerprint density at radius 1 is 0.172 bits per heavy atom. The summed E-state index contributed by atoms with van der Waals surface area (Å²) in [6.45, 7) is 0. The zero-order valence-corrected chi connectivity index (χ0v) is 34.8. The molecule has 0 aliphatic rings. The maximum Gasteiger partial charge on any atom is -0.000719 e. The van der Waals surface area contributed by atoms with Crippen LogP contribution in [-0.4, -0.2) is 0 Å². The molecule has 0 aromatic heterocycles. The van der Waals surface area contributed by atoms with Crippen LogP contribution >= 0.6 is 0 Å². The largest absolute Gasteiger partial charge is 0.0622 e. The molecule has 64 heavy (non-hydrogen) atoms. The van der Waals surface area contributed by atoms with Crippen LogP contribution in [0.25, 0.3) is 152 Å². The first-order valence-electron chi connectivity index (χ1n) is 22.4. The normalized spacial score (nSPS) is 12.4. The van der Waals surface area contributed by atoms with Gasteiger partial charge < -0.3 is 0 Å². The van der Waals surface area contributed by atoms with Crippen molar-refractivity contribution in [3.63, 3.8) is 0 Å². The van der Waals surface area contributed by atoms with Crippen LogP contribution in [0, 0.1) is 0 Å². The van der Waals surface area contributed by atoms with E-state index in [0.29, 0.717) is 0 Å². The molecule has 15 aromatic rings. The zero-order chi connectivity index (χ0) is 41.6. The Hall–Kier alpha value is -8.32. The van der Waals surface area contributed by atoms with E-state index >= 15 is 0 Å². The van der Waals surface area contributed by atoms with E-state index in [1.807, 2.05) is 0 Å². The van der Waals surface area contributed by atoms with Crippen molar-refractivity contribution in [2.24, 2.45) is 0 Å². The van der Waals surface area contributed by atoms with Crippen LogP contribution in [0.5, 0.6) is 0 Å². The molecule has 0 nitrogen and oxygen atoms in total. The summed E-state index contributed by atoms with van der Waals surface area (Å²) >= 11 is 0.